The minimum absolute atomic E-state index is 0.308. The van der Waals surface area contributed by atoms with Crippen LogP contribution < -0.4 is 5.32 Å². The molecule has 3 heteroatoms. The third-order valence-corrected chi connectivity index (χ3v) is 4.19. The second kappa shape index (κ2) is 6.92. The third kappa shape index (κ3) is 4.22. The Balaban J connectivity index is 1.75. The summed E-state index contributed by atoms with van der Waals surface area (Å²) in [6.07, 6.45) is 5.67. The highest BCUT2D eigenvalue weighted by molar-refractivity contribution is 5.25. The molecule has 2 rings (SSSR count). The van der Waals surface area contributed by atoms with Crippen molar-refractivity contribution in [3.8, 4) is 5.75 Å². The number of aromatic hydroxyl groups is 1. The zero-order valence-corrected chi connectivity index (χ0v) is 11.7. The lowest BCUT2D eigenvalue weighted by atomic mass is 10.0. The molecule has 1 aromatic rings. The first-order valence-electron chi connectivity index (χ1n) is 7.34. The molecule has 3 nitrogen and oxygen atoms in total. The van der Waals surface area contributed by atoms with Crippen LogP contribution >= 0.6 is 0 Å². The fraction of sp³-hybridized carbons (Fsp3) is 0.625. The zero-order valence-electron chi connectivity index (χ0n) is 11.7. The molecule has 0 amide bonds. The Hall–Kier alpha value is -1.06. The van der Waals surface area contributed by atoms with Gasteiger partial charge in [0.25, 0.3) is 0 Å². The van der Waals surface area contributed by atoms with Gasteiger partial charge in [0.15, 0.2) is 0 Å². The molecule has 0 radical (unpaired) electrons. The molecule has 1 aromatic carbocycles. The number of aryl methyl sites for hydroxylation is 1. The minimum atomic E-state index is 0.308. The molecule has 1 fully saturated rings. The van der Waals surface area contributed by atoms with E-state index in [4.69, 9.17) is 0 Å². The SMILES string of the molecule is C[C@H](CCc1ccc(O)cc1)N[C@H]1CCC[C@@H]1CO. The number of phenols is 1. The van der Waals surface area contributed by atoms with Crippen LogP contribution in [0.4, 0.5) is 0 Å². The summed E-state index contributed by atoms with van der Waals surface area (Å²) < 4.78 is 0. The normalized spacial score (nSPS) is 24.5. The molecule has 106 valence electrons. The molecule has 0 spiro atoms. The van der Waals surface area contributed by atoms with Gasteiger partial charge in [-0.05, 0) is 56.2 Å². The van der Waals surface area contributed by atoms with E-state index < -0.39 is 0 Å². The topological polar surface area (TPSA) is 52.5 Å². The monoisotopic (exact) mass is 263 g/mol. The number of rotatable bonds is 6. The first-order chi connectivity index (χ1) is 9.19. The van der Waals surface area contributed by atoms with Crippen molar-refractivity contribution >= 4 is 0 Å². The third-order valence-electron chi connectivity index (χ3n) is 4.19. The van der Waals surface area contributed by atoms with Gasteiger partial charge in [-0.15, -0.1) is 0 Å². The van der Waals surface area contributed by atoms with Crippen molar-refractivity contribution in [1.82, 2.24) is 5.32 Å². The summed E-state index contributed by atoms with van der Waals surface area (Å²) in [5.41, 5.74) is 1.26. The fourth-order valence-electron chi connectivity index (χ4n) is 2.97. The second-order valence-electron chi connectivity index (χ2n) is 5.75. The van der Waals surface area contributed by atoms with Gasteiger partial charge in [-0.3, -0.25) is 0 Å². The van der Waals surface area contributed by atoms with Gasteiger partial charge in [-0.25, -0.2) is 0 Å². The zero-order chi connectivity index (χ0) is 13.7. The molecule has 0 unspecified atom stereocenters. The van der Waals surface area contributed by atoms with Crippen LogP contribution in [0.2, 0.25) is 0 Å². The van der Waals surface area contributed by atoms with Gasteiger partial charge < -0.3 is 15.5 Å². The predicted molar refractivity (Wildman–Crippen MR) is 77.2 cm³/mol. The van der Waals surface area contributed by atoms with Crippen LogP contribution in [-0.4, -0.2) is 28.9 Å². The van der Waals surface area contributed by atoms with E-state index in [-0.39, 0.29) is 0 Å². The summed E-state index contributed by atoms with van der Waals surface area (Å²) in [5, 5.41) is 22.2. The molecule has 0 aromatic heterocycles. The lowest BCUT2D eigenvalue weighted by Crippen LogP contribution is -2.40. The largest absolute Gasteiger partial charge is 0.508 e. The van der Waals surface area contributed by atoms with E-state index in [9.17, 15) is 10.2 Å². The molecule has 0 aliphatic heterocycles. The van der Waals surface area contributed by atoms with Crippen LogP contribution in [0, 0.1) is 5.92 Å². The molecular weight excluding hydrogens is 238 g/mol. The quantitative estimate of drug-likeness (QED) is 0.739. The summed E-state index contributed by atoms with van der Waals surface area (Å²) in [5.74, 6) is 0.766. The molecule has 1 aliphatic rings. The summed E-state index contributed by atoms with van der Waals surface area (Å²) in [6, 6.07) is 8.39. The van der Waals surface area contributed by atoms with E-state index in [1.807, 2.05) is 12.1 Å². The van der Waals surface area contributed by atoms with Gasteiger partial charge in [0.05, 0.1) is 0 Å². The van der Waals surface area contributed by atoms with Crippen LogP contribution in [0.3, 0.4) is 0 Å². The first-order valence-corrected chi connectivity index (χ1v) is 7.34. The van der Waals surface area contributed by atoms with E-state index in [1.54, 1.807) is 12.1 Å². The molecule has 1 aliphatic carbocycles. The highest BCUT2D eigenvalue weighted by Gasteiger charge is 2.27. The van der Waals surface area contributed by atoms with Crippen LogP contribution in [0.1, 0.15) is 38.2 Å². The van der Waals surface area contributed by atoms with Crippen molar-refractivity contribution in [2.45, 2.75) is 51.1 Å². The molecule has 19 heavy (non-hydrogen) atoms. The van der Waals surface area contributed by atoms with Crippen molar-refractivity contribution < 1.29 is 10.2 Å². The van der Waals surface area contributed by atoms with E-state index in [2.05, 4.69) is 12.2 Å². The number of phenolic OH excluding ortho intramolecular Hbond substituents is 1. The first kappa shape index (κ1) is 14.4. The average molecular weight is 263 g/mol. The molecule has 3 N–H and O–H groups in total. The van der Waals surface area contributed by atoms with E-state index in [0.717, 1.165) is 19.3 Å². The van der Waals surface area contributed by atoms with Crippen molar-refractivity contribution in [3.63, 3.8) is 0 Å². The molecule has 0 saturated heterocycles. The number of nitrogens with one attached hydrogen (secondary N) is 1. The maximum Gasteiger partial charge on any atom is 0.115 e. The minimum Gasteiger partial charge on any atom is -0.508 e. The van der Waals surface area contributed by atoms with Gasteiger partial charge in [-0.2, -0.15) is 0 Å². The number of benzene rings is 1. The van der Waals surface area contributed by atoms with Crippen molar-refractivity contribution in [2.24, 2.45) is 5.92 Å². The van der Waals surface area contributed by atoms with Crippen molar-refractivity contribution in [2.75, 3.05) is 6.61 Å². The molecule has 1 saturated carbocycles. The average Bonchev–Trinajstić information content (AvgIpc) is 2.85. The van der Waals surface area contributed by atoms with Crippen LogP contribution in [0.25, 0.3) is 0 Å². The Kier molecular flexibility index (Phi) is 5.23. The summed E-state index contributed by atoms with van der Waals surface area (Å²) >= 11 is 0. The number of aliphatic hydroxyl groups excluding tert-OH is 1. The number of aliphatic hydroxyl groups is 1. The summed E-state index contributed by atoms with van der Waals surface area (Å²) in [6.45, 7) is 2.52. The molecule has 0 heterocycles. The predicted octanol–water partition coefficient (Wildman–Crippen LogP) is 2.46. The summed E-state index contributed by atoms with van der Waals surface area (Å²) in [7, 11) is 0. The molecule has 0 bridgehead atoms. The second-order valence-corrected chi connectivity index (χ2v) is 5.75. The van der Waals surface area contributed by atoms with Gasteiger partial charge in [-0.1, -0.05) is 18.6 Å². The van der Waals surface area contributed by atoms with E-state index in [1.165, 1.54) is 18.4 Å². The highest BCUT2D eigenvalue weighted by Crippen LogP contribution is 2.25. The maximum absolute atomic E-state index is 9.32. The summed E-state index contributed by atoms with van der Waals surface area (Å²) in [4.78, 5) is 0. The maximum atomic E-state index is 9.32. The standard InChI is InChI=1S/C16H25NO2/c1-12(17-16-4-2-3-14(16)11-18)5-6-13-7-9-15(19)10-8-13/h7-10,12,14,16-19H,2-6,11H2,1H3/t12-,14-,16+/m1/s1. The van der Waals surface area contributed by atoms with Crippen LogP contribution in [0.15, 0.2) is 24.3 Å². The Labute approximate surface area is 115 Å². The Morgan fingerprint density at radius 2 is 2.00 bits per heavy atom. The lowest BCUT2D eigenvalue weighted by Gasteiger charge is -2.24. The van der Waals surface area contributed by atoms with Gasteiger partial charge >= 0.3 is 0 Å². The van der Waals surface area contributed by atoms with Gasteiger partial charge in [0.1, 0.15) is 5.75 Å². The Morgan fingerprint density at radius 1 is 1.26 bits per heavy atom. The number of hydrogen-bond acceptors (Lipinski definition) is 3. The van der Waals surface area contributed by atoms with Crippen molar-refractivity contribution in [1.29, 1.82) is 0 Å². The smallest absolute Gasteiger partial charge is 0.115 e. The van der Waals surface area contributed by atoms with E-state index in [0.29, 0.717) is 30.4 Å². The number of hydrogen-bond donors (Lipinski definition) is 3. The van der Waals surface area contributed by atoms with E-state index >= 15 is 0 Å². The highest BCUT2D eigenvalue weighted by atomic mass is 16.3. The van der Waals surface area contributed by atoms with Gasteiger partial charge in [0, 0.05) is 18.7 Å². The lowest BCUT2D eigenvalue weighted by molar-refractivity contribution is 0.199. The molecule has 3 atom stereocenters. The Morgan fingerprint density at radius 3 is 2.68 bits per heavy atom. The van der Waals surface area contributed by atoms with Crippen LogP contribution in [-0.2, 0) is 6.42 Å². The fourth-order valence-corrected chi connectivity index (χ4v) is 2.97. The van der Waals surface area contributed by atoms with Gasteiger partial charge in [0.2, 0.25) is 0 Å². The molecular formula is C16H25NO2. The Bertz CT molecular complexity index is 377. The van der Waals surface area contributed by atoms with Crippen LogP contribution in [0.5, 0.6) is 5.75 Å². The van der Waals surface area contributed by atoms with Crippen molar-refractivity contribution in [3.05, 3.63) is 29.8 Å².